The number of likely N-dealkylation sites (N-methyl/N-ethyl adjacent to an activating group) is 1. The summed E-state index contributed by atoms with van der Waals surface area (Å²) >= 11 is 0. The first-order chi connectivity index (χ1) is 14.1. The van der Waals surface area contributed by atoms with Crippen molar-refractivity contribution in [3.05, 3.63) is 30.1 Å². The third-order valence-corrected chi connectivity index (χ3v) is 5.33. The average Bonchev–Trinajstić information content (AvgIpc) is 3.54. The van der Waals surface area contributed by atoms with Crippen LogP contribution in [-0.2, 0) is 4.79 Å². The fraction of sp³-hybridized carbons (Fsp3) is 0.500. The molecule has 29 heavy (non-hydrogen) atoms. The molecular weight excluding hydrogens is 368 g/mol. The van der Waals surface area contributed by atoms with Crippen molar-refractivity contribution in [3.8, 4) is 0 Å². The lowest BCUT2D eigenvalue weighted by molar-refractivity contribution is -0.117. The van der Waals surface area contributed by atoms with Crippen molar-refractivity contribution in [1.29, 1.82) is 0 Å². The molecule has 4 rings (SSSR count). The molecule has 9 nitrogen and oxygen atoms in total. The van der Waals surface area contributed by atoms with Gasteiger partial charge in [0, 0.05) is 50.9 Å². The number of hydrogen-bond donors (Lipinski definition) is 3. The molecular formula is C20H28N8O. The summed E-state index contributed by atoms with van der Waals surface area (Å²) in [4.78, 5) is 29.3. The van der Waals surface area contributed by atoms with E-state index >= 15 is 0 Å². The quantitative estimate of drug-likeness (QED) is 0.616. The Hall–Kier alpha value is -2.94. The largest absolute Gasteiger partial charge is 0.370 e. The van der Waals surface area contributed by atoms with Gasteiger partial charge in [-0.25, -0.2) is 9.97 Å². The fourth-order valence-electron chi connectivity index (χ4n) is 3.40. The molecule has 154 valence electrons. The monoisotopic (exact) mass is 396 g/mol. The smallest absolute Gasteiger partial charge is 0.229 e. The van der Waals surface area contributed by atoms with Crippen LogP contribution in [0.4, 0.5) is 23.3 Å². The summed E-state index contributed by atoms with van der Waals surface area (Å²) in [6, 6.07) is 4.03. The molecule has 1 saturated heterocycles. The summed E-state index contributed by atoms with van der Waals surface area (Å²) in [5, 5.41) is 6.45. The number of aromatic nitrogens is 3. The second-order valence-corrected chi connectivity index (χ2v) is 7.74. The average molecular weight is 396 g/mol. The summed E-state index contributed by atoms with van der Waals surface area (Å²) in [6.07, 6.45) is 6.25. The lowest BCUT2D eigenvalue weighted by Gasteiger charge is -2.33. The van der Waals surface area contributed by atoms with E-state index in [2.05, 4.69) is 42.4 Å². The van der Waals surface area contributed by atoms with E-state index in [0.29, 0.717) is 18.4 Å². The predicted octanol–water partition coefficient (Wildman–Crippen LogP) is 1.53. The number of nitrogens with two attached hydrogens (primary N) is 1. The van der Waals surface area contributed by atoms with E-state index < -0.39 is 0 Å². The third-order valence-electron chi connectivity index (χ3n) is 5.33. The number of piperazine rings is 1. The van der Waals surface area contributed by atoms with Gasteiger partial charge in [0.15, 0.2) is 0 Å². The molecule has 0 bridgehead atoms. The first kappa shape index (κ1) is 19.4. The molecule has 9 heteroatoms. The third kappa shape index (κ3) is 5.11. The molecule has 2 aromatic rings. The van der Waals surface area contributed by atoms with E-state index in [9.17, 15) is 4.79 Å². The van der Waals surface area contributed by atoms with Gasteiger partial charge in [-0.05, 0) is 37.9 Å². The van der Waals surface area contributed by atoms with E-state index in [0.717, 1.165) is 61.9 Å². The van der Waals surface area contributed by atoms with Crippen LogP contribution in [0.3, 0.4) is 0 Å². The molecule has 2 aromatic heterocycles. The van der Waals surface area contributed by atoms with Crippen LogP contribution in [0.15, 0.2) is 24.5 Å². The van der Waals surface area contributed by atoms with Crippen molar-refractivity contribution in [1.82, 2.24) is 19.9 Å². The van der Waals surface area contributed by atoms with E-state index in [1.165, 1.54) is 0 Å². The Morgan fingerprint density at radius 3 is 2.62 bits per heavy atom. The van der Waals surface area contributed by atoms with Crippen LogP contribution < -0.4 is 21.3 Å². The second kappa shape index (κ2) is 8.60. The molecule has 1 saturated carbocycles. The zero-order chi connectivity index (χ0) is 20.2. The Bertz CT molecular complexity index is 844. The predicted molar refractivity (Wildman–Crippen MR) is 114 cm³/mol. The SMILES string of the molecule is CN1CCN(c2ccc(Nc3ncc(C4CC4)c(NCCC(N)=O)n3)cn2)CC1. The van der Waals surface area contributed by atoms with E-state index in [-0.39, 0.29) is 12.3 Å². The van der Waals surface area contributed by atoms with Crippen LogP contribution in [0, 0.1) is 0 Å². The lowest BCUT2D eigenvalue weighted by atomic mass is 10.2. The minimum Gasteiger partial charge on any atom is -0.370 e. The summed E-state index contributed by atoms with van der Waals surface area (Å²) < 4.78 is 0. The Labute approximate surface area is 170 Å². The van der Waals surface area contributed by atoms with Crippen LogP contribution in [0.1, 0.15) is 30.7 Å². The summed E-state index contributed by atoms with van der Waals surface area (Å²) in [5.41, 5.74) is 7.17. The number of rotatable bonds is 8. The van der Waals surface area contributed by atoms with E-state index in [4.69, 9.17) is 5.73 Å². The number of carbonyl (C=O) groups is 1. The van der Waals surface area contributed by atoms with Gasteiger partial charge in [0.25, 0.3) is 0 Å². The molecule has 0 spiro atoms. The van der Waals surface area contributed by atoms with Gasteiger partial charge in [-0.15, -0.1) is 0 Å². The molecule has 0 aromatic carbocycles. The molecule has 1 aliphatic heterocycles. The highest BCUT2D eigenvalue weighted by atomic mass is 16.1. The molecule has 0 atom stereocenters. The van der Waals surface area contributed by atoms with Crippen molar-refractivity contribution < 1.29 is 4.79 Å². The molecule has 1 aliphatic carbocycles. The number of amides is 1. The van der Waals surface area contributed by atoms with Crippen molar-refractivity contribution in [2.24, 2.45) is 5.73 Å². The highest BCUT2D eigenvalue weighted by Crippen LogP contribution is 2.42. The summed E-state index contributed by atoms with van der Waals surface area (Å²) in [7, 11) is 2.14. The van der Waals surface area contributed by atoms with Crippen LogP contribution >= 0.6 is 0 Å². The Morgan fingerprint density at radius 1 is 1.17 bits per heavy atom. The molecule has 2 aliphatic rings. The van der Waals surface area contributed by atoms with E-state index in [1.54, 1.807) is 0 Å². The Morgan fingerprint density at radius 2 is 1.97 bits per heavy atom. The van der Waals surface area contributed by atoms with Crippen molar-refractivity contribution >= 4 is 29.2 Å². The van der Waals surface area contributed by atoms with Crippen LogP contribution in [0.2, 0.25) is 0 Å². The molecule has 0 radical (unpaired) electrons. The van der Waals surface area contributed by atoms with Crippen molar-refractivity contribution in [3.63, 3.8) is 0 Å². The molecule has 0 unspecified atom stereocenters. The number of carbonyl (C=O) groups excluding carboxylic acids is 1. The van der Waals surface area contributed by atoms with E-state index in [1.807, 2.05) is 24.5 Å². The standard InChI is InChI=1S/C20H28N8O/c1-27-8-10-28(11-9-27)18-5-4-15(12-23-18)25-20-24-13-16(14-2-3-14)19(26-20)22-7-6-17(21)29/h4-5,12-14H,2-3,6-11H2,1H3,(H2,21,29)(H2,22,24,25,26). The second-order valence-electron chi connectivity index (χ2n) is 7.74. The number of primary amides is 1. The number of nitrogens with zero attached hydrogens (tertiary/aromatic N) is 5. The zero-order valence-electron chi connectivity index (χ0n) is 16.8. The van der Waals surface area contributed by atoms with Crippen LogP contribution in [-0.4, -0.2) is 65.5 Å². The topological polar surface area (TPSA) is 112 Å². The summed E-state index contributed by atoms with van der Waals surface area (Å²) in [6.45, 7) is 4.54. The minimum absolute atomic E-state index is 0.272. The van der Waals surface area contributed by atoms with Gasteiger partial charge in [0.1, 0.15) is 11.6 Å². The minimum atomic E-state index is -0.329. The number of pyridine rings is 1. The Balaban J connectivity index is 1.42. The maximum absolute atomic E-state index is 11.0. The van der Waals surface area contributed by atoms with Gasteiger partial charge >= 0.3 is 0 Å². The first-order valence-electron chi connectivity index (χ1n) is 10.1. The van der Waals surface area contributed by atoms with Gasteiger partial charge in [-0.1, -0.05) is 0 Å². The lowest BCUT2D eigenvalue weighted by Crippen LogP contribution is -2.44. The maximum atomic E-state index is 11.0. The highest BCUT2D eigenvalue weighted by Gasteiger charge is 2.27. The van der Waals surface area contributed by atoms with Crippen LogP contribution in [0.5, 0.6) is 0 Å². The van der Waals surface area contributed by atoms with Crippen LogP contribution in [0.25, 0.3) is 0 Å². The normalized spacial score (nSPS) is 17.2. The number of hydrogen-bond acceptors (Lipinski definition) is 8. The van der Waals surface area contributed by atoms with Gasteiger partial charge in [-0.3, -0.25) is 4.79 Å². The molecule has 2 fully saturated rings. The first-order valence-corrected chi connectivity index (χ1v) is 10.1. The number of nitrogens with one attached hydrogen (secondary N) is 2. The highest BCUT2D eigenvalue weighted by molar-refractivity contribution is 5.74. The summed E-state index contributed by atoms with van der Waals surface area (Å²) in [5.74, 6) is 2.44. The van der Waals surface area contributed by atoms with Gasteiger partial charge in [0.2, 0.25) is 11.9 Å². The van der Waals surface area contributed by atoms with Gasteiger partial charge in [0.05, 0.1) is 11.9 Å². The van der Waals surface area contributed by atoms with Gasteiger partial charge in [-0.2, -0.15) is 4.98 Å². The Kier molecular flexibility index (Phi) is 5.75. The van der Waals surface area contributed by atoms with Crippen molar-refractivity contribution in [2.45, 2.75) is 25.2 Å². The number of anilines is 4. The molecule has 1 amide bonds. The van der Waals surface area contributed by atoms with Gasteiger partial charge < -0.3 is 26.2 Å². The maximum Gasteiger partial charge on any atom is 0.229 e. The molecule has 3 heterocycles. The fourth-order valence-corrected chi connectivity index (χ4v) is 3.40. The van der Waals surface area contributed by atoms with Crippen molar-refractivity contribution in [2.75, 3.05) is 55.3 Å². The zero-order valence-corrected chi connectivity index (χ0v) is 16.8. The molecule has 4 N–H and O–H groups in total.